The molecule has 7 heteroatoms. The predicted molar refractivity (Wildman–Crippen MR) is 102 cm³/mol. The highest BCUT2D eigenvalue weighted by atomic mass is 35.5. The molecule has 0 aliphatic carbocycles. The van der Waals surface area contributed by atoms with Crippen LogP contribution in [0.15, 0.2) is 53.6 Å². The van der Waals surface area contributed by atoms with Crippen LogP contribution in [-0.4, -0.2) is 21.1 Å². The van der Waals surface area contributed by atoms with Crippen LogP contribution in [0, 0.1) is 4.77 Å². The van der Waals surface area contributed by atoms with Gasteiger partial charge >= 0.3 is 0 Å². The minimum absolute atomic E-state index is 0.410. The molecule has 25 heavy (non-hydrogen) atoms. The number of H-pyrrole nitrogens is 1. The Hall–Kier alpha value is -2.44. The lowest BCUT2D eigenvalue weighted by molar-refractivity contribution is 0.306. The second kappa shape index (κ2) is 8.09. The van der Waals surface area contributed by atoms with Crippen molar-refractivity contribution in [2.45, 2.75) is 20.0 Å². The lowest BCUT2D eigenvalue weighted by Crippen LogP contribution is -1.98. The molecule has 0 bridgehead atoms. The summed E-state index contributed by atoms with van der Waals surface area (Å²) in [6, 6.07) is 15.3. The zero-order valence-corrected chi connectivity index (χ0v) is 15.2. The van der Waals surface area contributed by atoms with E-state index in [0.717, 1.165) is 29.1 Å². The van der Waals surface area contributed by atoms with E-state index in [0.29, 0.717) is 16.4 Å². The number of benzene rings is 2. The maximum absolute atomic E-state index is 6.15. The highest BCUT2D eigenvalue weighted by Crippen LogP contribution is 2.19. The summed E-state index contributed by atoms with van der Waals surface area (Å²) in [4.78, 5) is 0. The number of ether oxygens (including phenoxy) is 1. The highest BCUT2D eigenvalue weighted by molar-refractivity contribution is 7.71. The van der Waals surface area contributed by atoms with Crippen molar-refractivity contribution in [3.8, 4) is 5.75 Å². The van der Waals surface area contributed by atoms with E-state index in [4.69, 9.17) is 28.6 Å². The molecule has 0 aliphatic rings. The number of hydrogen-bond donors (Lipinski definition) is 1. The van der Waals surface area contributed by atoms with Gasteiger partial charge in [0.05, 0.1) is 6.21 Å². The van der Waals surface area contributed by atoms with Crippen molar-refractivity contribution < 1.29 is 4.74 Å². The Labute approximate surface area is 155 Å². The van der Waals surface area contributed by atoms with Gasteiger partial charge in [-0.05, 0) is 36.0 Å². The molecule has 1 heterocycles. The maximum atomic E-state index is 6.15. The lowest BCUT2D eigenvalue weighted by atomic mass is 10.2. The normalized spacial score (nSPS) is 11.1. The van der Waals surface area contributed by atoms with Gasteiger partial charge in [-0.2, -0.15) is 14.9 Å². The molecule has 0 radical (unpaired) electrons. The molecular formula is C18H17ClN4OS. The van der Waals surface area contributed by atoms with Crippen LogP contribution >= 0.6 is 23.8 Å². The minimum atomic E-state index is 0.410. The van der Waals surface area contributed by atoms with Crippen LogP contribution in [0.3, 0.4) is 0 Å². The largest absolute Gasteiger partial charge is 0.489 e. The number of aromatic amines is 1. The topological polar surface area (TPSA) is 55.2 Å². The molecule has 1 aromatic heterocycles. The van der Waals surface area contributed by atoms with E-state index in [2.05, 4.69) is 15.3 Å². The minimum Gasteiger partial charge on any atom is -0.489 e. The van der Waals surface area contributed by atoms with Crippen LogP contribution in [-0.2, 0) is 13.0 Å². The van der Waals surface area contributed by atoms with E-state index in [1.54, 1.807) is 10.9 Å². The van der Waals surface area contributed by atoms with Gasteiger partial charge in [-0.1, -0.05) is 48.9 Å². The van der Waals surface area contributed by atoms with Crippen molar-refractivity contribution in [2.75, 3.05) is 0 Å². The first-order chi connectivity index (χ1) is 12.2. The number of aryl methyl sites for hydroxylation is 1. The summed E-state index contributed by atoms with van der Waals surface area (Å²) in [5.41, 5.74) is 1.85. The zero-order valence-electron chi connectivity index (χ0n) is 13.6. The molecule has 3 aromatic rings. The molecule has 128 valence electrons. The molecule has 0 amide bonds. The molecule has 3 rings (SSSR count). The van der Waals surface area contributed by atoms with Crippen molar-refractivity contribution in [3.63, 3.8) is 0 Å². The summed E-state index contributed by atoms with van der Waals surface area (Å²) in [5, 5.41) is 12.0. The number of hydrogen-bond acceptors (Lipinski definition) is 4. The number of nitrogens with zero attached hydrogens (tertiary/aromatic N) is 3. The molecule has 0 unspecified atom stereocenters. The van der Waals surface area contributed by atoms with Crippen LogP contribution in [0.5, 0.6) is 5.75 Å². The fraction of sp³-hybridized carbons (Fsp3) is 0.167. The molecule has 0 spiro atoms. The van der Waals surface area contributed by atoms with Crippen LogP contribution < -0.4 is 4.74 Å². The summed E-state index contributed by atoms with van der Waals surface area (Å²) in [7, 11) is 0. The van der Waals surface area contributed by atoms with Crippen molar-refractivity contribution in [3.05, 3.63) is 75.3 Å². The molecule has 0 atom stereocenters. The second-order valence-electron chi connectivity index (χ2n) is 5.31. The molecule has 5 nitrogen and oxygen atoms in total. The Balaban J connectivity index is 1.73. The monoisotopic (exact) mass is 372 g/mol. The van der Waals surface area contributed by atoms with E-state index in [9.17, 15) is 0 Å². The fourth-order valence-corrected chi connectivity index (χ4v) is 2.65. The fourth-order valence-electron chi connectivity index (χ4n) is 2.26. The van der Waals surface area contributed by atoms with E-state index >= 15 is 0 Å². The summed E-state index contributed by atoms with van der Waals surface area (Å²) < 4.78 is 7.92. The van der Waals surface area contributed by atoms with Crippen molar-refractivity contribution in [1.82, 2.24) is 14.9 Å². The van der Waals surface area contributed by atoms with Gasteiger partial charge in [-0.25, -0.2) is 0 Å². The first kappa shape index (κ1) is 17.4. The van der Waals surface area contributed by atoms with Gasteiger partial charge < -0.3 is 4.74 Å². The van der Waals surface area contributed by atoms with Gasteiger partial charge in [0.2, 0.25) is 4.77 Å². The van der Waals surface area contributed by atoms with Gasteiger partial charge in [-0.15, -0.1) is 0 Å². The first-order valence-electron chi connectivity index (χ1n) is 7.84. The Bertz CT molecular complexity index is 948. The summed E-state index contributed by atoms with van der Waals surface area (Å²) in [6.07, 6.45) is 2.47. The quantitative estimate of drug-likeness (QED) is 0.507. The Morgan fingerprint density at radius 3 is 2.92 bits per heavy atom. The zero-order chi connectivity index (χ0) is 17.6. The summed E-state index contributed by atoms with van der Waals surface area (Å²) in [5.74, 6) is 1.53. The third-order valence-electron chi connectivity index (χ3n) is 3.57. The molecular weight excluding hydrogens is 356 g/mol. The average Bonchev–Trinajstić information content (AvgIpc) is 2.99. The van der Waals surface area contributed by atoms with Gasteiger partial charge in [0.15, 0.2) is 5.82 Å². The SMILES string of the molecule is CCc1n[nH]c(=S)n1/N=C/c1cccc(OCc2ccccc2Cl)c1. The van der Waals surface area contributed by atoms with E-state index in [1.165, 1.54) is 0 Å². The molecule has 1 N–H and O–H groups in total. The van der Waals surface area contributed by atoms with Gasteiger partial charge in [0, 0.05) is 17.0 Å². The third kappa shape index (κ3) is 4.35. The smallest absolute Gasteiger partial charge is 0.216 e. The number of aromatic nitrogens is 3. The number of rotatable bonds is 6. The van der Waals surface area contributed by atoms with Crippen molar-refractivity contribution >= 4 is 30.0 Å². The van der Waals surface area contributed by atoms with Gasteiger partial charge in [-0.3, -0.25) is 5.10 Å². The average molecular weight is 373 g/mol. The van der Waals surface area contributed by atoms with Gasteiger partial charge in [0.25, 0.3) is 0 Å². The first-order valence-corrected chi connectivity index (χ1v) is 8.63. The van der Waals surface area contributed by atoms with Crippen LogP contribution in [0.25, 0.3) is 0 Å². The van der Waals surface area contributed by atoms with Crippen LogP contribution in [0.2, 0.25) is 5.02 Å². The van der Waals surface area contributed by atoms with E-state index in [-0.39, 0.29) is 0 Å². The van der Waals surface area contributed by atoms with E-state index in [1.807, 2.05) is 55.5 Å². The standard InChI is InChI=1S/C18H17ClN4OS/c1-2-17-21-22-18(25)23(17)20-11-13-6-5-8-15(10-13)24-12-14-7-3-4-9-16(14)19/h3-11H,2,12H2,1H3,(H,22,25)/b20-11+. The summed E-state index contributed by atoms with van der Waals surface area (Å²) >= 11 is 11.3. The third-order valence-corrected chi connectivity index (χ3v) is 4.20. The van der Waals surface area contributed by atoms with Crippen LogP contribution in [0.1, 0.15) is 23.9 Å². The van der Waals surface area contributed by atoms with Crippen molar-refractivity contribution in [2.24, 2.45) is 5.10 Å². The lowest BCUT2D eigenvalue weighted by Gasteiger charge is -2.08. The highest BCUT2D eigenvalue weighted by Gasteiger charge is 2.03. The Morgan fingerprint density at radius 2 is 2.12 bits per heavy atom. The molecule has 2 aromatic carbocycles. The maximum Gasteiger partial charge on any atom is 0.216 e. The molecule has 0 aliphatic heterocycles. The molecule has 0 fully saturated rings. The van der Waals surface area contributed by atoms with Crippen LogP contribution in [0.4, 0.5) is 0 Å². The van der Waals surface area contributed by atoms with Crippen molar-refractivity contribution in [1.29, 1.82) is 0 Å². The van der Waals surface area contributed by atoms with E-state index < -0.39 is 0 Å². The Kier molecular flexibility index (Phi) is 5.63. The second-order valence-corrected chi connectivity index (χ2v) is 6.10. The molecule has 0 saturated heterocycles. The Morgan fingerprint density at radius 1 is 1.28 bits per heavy atom. The summed E-state index contributed by atoms with van der Waals surface area (Å²) in [6.45, 7) is 2.41. The predicted octanol–water partition coefficient (Wildman–Crippen LogP) is 4.62. The molecule has 0 saturated carbocycles. The number of halogens is 1. The number of nitrogens with one attached hydrogen (secondary N) is 1. The van der Waals surface area contributed by atoms with Gasteiger partial charge in [0.1, 0.15) is 12.4 Å².